The normalized spacial score (nSPS) is 18.4. The molecule has 2 fully saturated rings. The van der Waals surface area contributed by atoms with Gasteiger partial charge in [0.15, 0.2) is 0 Å². The first-order valence-electron chi connectivity index (χ1n) is 7.86. The van der Waals surface area contributed by atoms with E-state index >= 15 is 0 Å². The Morgan fingerprint density at radius 2 is 1.96 bits per heavy atom. The number of pyridine rings is 1. The molecular formula is C16H24Cl2N4O2. The van der Waals surface area contributed by atoms with E-state index in [1.54, 1.807) is 24.4 Å². The Balaban J connectivity index is 0.00000144. The van der Waals surface area contributed by atoms with E-state index in [-0.39, 0.29) is 43.2 Å². The van der Waals surface area contributed by atoms with Crippen LogP contribution >= 0.6 is 24.8 Å². The van der Waals surface area contributed by atoms with Crippen LogP contribution in [0, 0.1) is 5.41 Å². The predicted molar refractivity (Wildman–Crippen MR) is 96.8 cm³/mol. The fraction of sp³-hybridized carbons (Fsp3) is 0.562. The molecule has 0 aromatic carbocycles. The number of likely N-dealkylation sites (tertiary alicyclic amines) is 1. The summed E-state index contributed by atoms with van der Waals surface area (Å²) in [5, 5.41) is 6.07. The van der Waals surface area contributed by atoms with Crippen LogP contribution < -0.4 is 10.6 Å². The second-order valence-corrected chi connectivity index (χ2v) is 6.21. The molecule has 8 heteroatoms. The first-order chi connectivity index (χ1) is 10.7. The summed E-state index contributed by atoms with van der Waals surface area (Å²) in [6.45, 7) is 3.79. The van der Waals surface area contributed by atoms with Gasteiger partial charge in [-0.3, -0.25) is 14.6 Å². The minimum absolute atomic E-state index is 0. The summed E-state index contributed by atoms with van der Waals surface area (Å²) in [6.07, 6.45) is 4.89. The smallest absolute Gasteiger partial charge is 0.270 e. The van der Waals surface area contributed by atoms with Gasteiger partial charge in [-0.2, -0.15) is 0 Å². The van der Waals surface area contributed by atoms with Crippen molar-refractivity contribution in [3.8, 4) is 0 Å². The lowest BCUT2D eigenvalue weighted by Gasteiger charge is -2.38. The minimum atomic E-state index is -0.303. The van der Waals surface area contributed by atoms with Crippen molar-refractivity contribution >= 4 is 36.6 Å². The highest BCUT2D eigenvalue weighted by Gasteiger charge is 2.37. The van der Waals surface area contributed by atoms with Crippen LogP contribution in [0.3, 0.4) is 0 Å². The number of halogens is 2. The highest BCUT2D eigenvalue weighted by Crippen LogP contribution is 2.36. The number of hydrogen-bond acceptors (Lipinski definition) is 4. The van der Waals surface area contributed by atoms with Crippen LogP contribution in [0.1, 0.15) is 29.8 Å². The second-order valence-electron chi connectivity index (χ2n) is 6.21. The number of carbonyl (C=O) groups is 2. The third-order valence-electron chi connectivity index (χ3n) is 4.81. The lowest BCUT2D eigenvalue weighted by atomic mass is 9.78. The van der Waals surface area contributed by atoms with Gasteiger partial charge < -0.3 is 15.5 Å². The molecule has 0 radical (unpaired) electrons. The van der Waals surface area contributed by atoms with Gasteiger partial charge in [0.2, 0.25) is 5.91 Å². The van der Waals surface area contributed by atoms with Gasteiger partial charge in [-0.05, 0) is 43.4 Å². The van der Waals surface area contributed by atoms with Gasteiger partial charge in [0.05, 0.1) is 6.54 Å². The molecule has 0 atom stereocenters. The van der Waals surface area contributed by atoms with E-state index in [4.69, 9.17) is 0 Å². The molecule has 1 aromatic rings. The summed E-state index contributed by atoms with van der Waals surface area (Å²) >= 11 is 0. The molecular weight excluding hydrogens is 351 g/mol. The Bertz CT molecular complexity index is 540. The summed E-state index contributed by atoms with van der Waals surface area (Å²) < 4.78 is 0. The van der Waals surface area contributed by atoms with Gasteiger partial charge in [0, 0.05) is 25.8 Å². The number of amides is 2. The highest BCUT2D eigenvalue weighted by molar-refractivity contribution is 5.94. The molecule has 0 unspecified atom stereocenters. The number of nitrogens with one attached hydrogen (secondary N) is 2. The average molecular weight is 375 g/mol. The lowest BCUT2D eigenvalue weighted by Crippen LogP contribution is -2.47. The molecule has 2 aliphatic heterocycles. The van der Waals surface area contributed by atoms with Crippen LogP contribution in [0.5, 0.6) is 0 Å². The molecule has 2 saturated heterocycles. The van der Waals surface area contributed by atoms with Crippen LogP contribution in [0.2, 0.25) is 0 Å². The van der Waals surface area contributed by atoms with Crippen LogP contribution in [0.4, 0.5) is 0 Å². The predicted octanol–water partition coefficient (Wildman–Crippen LogP) is 1.26. The average Bonchev–Trinajstić information content (AvgIpc) is 3.02. The minimum Gasteiger partial charge on any atom is -0.342 e. The molecule has 6 nitrogen and oxygen atoms in total. The van der Waals surface area contributed by atoms with E-state index in [0.717, 1.165) is 39.0 Å². The van der Waals surface area contributed by atoms with Gasteiger partial charge in [-0.15, -0.1) is 24.8 Å². The van der Waals surface area contributed by atoms with Gasteiger partial charge in [-0.1, -0.05) is 6.07 Å². The summed E-state index contributed by atoms with van der Waals surface area (Å²) in [6, 6.07) is 5.14. The molecule has 1 aromatic heterocycles. The van der Waals surface area contributed by atoms with E-state index in [2.05, 4.69) is 15.6 Å². The van der Waals surface area contributed by atoms with Gasteiger partial charge >= 0.3 is 0 Å². The molecule has 3 rings (SSSR count). The maximum Gasteiger partial charge on any atom is 0.270 e. The Hall–Kier alpha value is -1.37. The molecule has 3 heterocycles. The SMILES string of the molecule is Cl.Cl.O=C(NCC(=O)N1CCC2(CCNC2)CC1)c1ccccn1. The Morgan fingerprint density at radius 3 is 2.54 bits per heavy atom. The van der Waals surface area contributed by atoms with Crippen LogP contribution in [-0.4, -0.2) is 54.4 Å². The van der Waals surface area contributed by atoms with Gasteiger partial charge in [0.1, 0.15) is 5.69 Å². The number of carbonyl (C=O) groups excluding carboxylic acids is 2. The van der Waals surface area contributed by atoms with E-state index in [1.165, 1.54) is 6.42 Å². The van der Waals surface area contributed by atoms with E-state index in [1.807, 2.05) is 4.90 Å². The number of nitrogens with zero attached hydrogens (tertiary/aromatic N) is 2. The van der Waals surface area contributed by atoms with E-state index in [9.17, 15) is 9.59 Å². The first-order valence-corrected chi connectivity index (χ1v) is 7.86. The monoisotopic (exact) mass is 374 g/mol. The zero-order valence-electron chi connectivity index (χ0n) is 13.5. The summed E-state index contributed by atoms with van der Waals surface area (Å²) in [4.78, 5) is 29.9. The molecule has 2 aliphatic rings. The number of aromatic nitrogens is 1. The topological polar surface area (TPSA) is 74.3 Å². The van der Waals surface area contributed by atoms with E-state index in [0.29, 0.717) is 11.1 Å². The van der Waals surface area contributed by atoms with Crippen molar-refractivity contribution in [1.82, 2.24) is 20.5 Å². The van der Waals surface area contributed by atoms with Crippen molar-refractivity contribution in [3.05, 3.63) is 30.1 Å². The zero-order chi connectivity index (χ0) is 15.4. The lowest BCUT2D eigenvalue weighted by molar-refractivity contribution is -0.132. The number of hydrogen-bond donors (Lipinski definition) is 2. The molecule has 1 spiro atoms. The van der Waals surface area contributed by atoms with Gasteiger partial charge in [0.25, 0.3) is 5.91 Å². The van der Waals surface area contributed by atoms with Crippen molar-refractivity contribution in [2.45, 2.75) is 19.3 Å². The van der Waals surface area contributed by atoms with Crippen molar-refractivity contribution < 1.29 is 9.59 Å². The summed E-state index contributed by atoms with van der Waals surface area (Å²) in [7, 11) is 0. The Morgan fingerprint density at radius 1 is 1.21 bits per heavy atom. The van der Waals surface area contributed by atoms with Crippen LogP contribution in [0.15, 0.2) is 24.4 Å². The van der Waals surface area contributed by atoms with Crippen molar-refractivity contribution in [3.63, 3.8) is 0 Å². The molecule has 0 aliphatic carbocycles. The van der Waals surface area contributed by atoms with Crippen LogP contribution in [0.25, 0.3) is 0 Å². The van der Waals surface area contributed by atoms with Gasteiger partial charge in [-0.25, -0.2) is 0 Å². The van der Waals surface area contributed by atoms with Crippen molar-refractivity contribution in [2.75, 3.05) is 32.7 Å². The third kappa shape index (κ3) is 4.82. The van der Waals surface area contributed by atoms with Crippen molar-refractivity contribution in [1.29, 1.82) is 0 Å². The molecule has 2 N–H and O–H groups in total. The molecule has 134 valence electrons. The summed E-state index contributed by atoms with van der Waals surface area (Å²) in [5.74, 6) is -0.312. The van der Waals surface area contributed by atoms with E-state index < -0.39 is 0 Å². The second kappa shape index (κ2) is 9.20. The highest BCUT2D eigenvalue weighted by atomic mass is 35.5. The maximum absolute atomic E-state index is 12.2. The Labute approximate surface area is 154 Å². The van der Waals surface area contributed by atoms with Crippen molar-refractivity contribution in [2.24, 2.45) is 5.41 Å². The molecule has 0 saturated carbocycles. The largest absolute Gasteiger partial charge is 0.342 e. The maximum atomic E-state index is 12.2. The standard InChI is InChI=1S/C16H22N4O2.2ClH/c21-14(11-19-15(22)13-3-1-2-7-18-13)20-9-5-16(6-10-20)4-8-17-12-16;;/h1-3,7,17H,4-6,8-12H2,(H,19,22);2*1H. The fourth-order valence-corrected chi connectivity index (χ4v) is 3.31. The first kappa shape index (κ1) is 20.7. The Kier molecular flexibility index (Phi) is 7.93. The quantitative estimate of drug-likeness (QED) is 0.834. The van der Waals surface area contributed by atoms with Crippen LogP contribution in [-0.2, 0) is 4.79 Å². The molecule has 24 heavy (non-hydrogen) atoms. The third-order valence-corrected chi connectivity index (χ3v) is 4.81. The molecule has 2 amide bonds. The summed E-state index contributed by atoms with van der Waals surface area (Å²) in [5.41, 5.74) is 0.735. The fourth-order valence-electron chi connectivity index (χ4n) is 3.31. The number of piperidine rings is 1. The zero-order valence-corrected chi connectivity index (χ0v) is 15.1. The molecule has 0 bridgehead atoms. The number of rotatable bonds is 3.